The molecule has 0 radical (unpaired) electrons. The van der Waals surface area contributed by atoms with Gasteiger partial charge in [-0.15, -0.1) is 0 Å². The van der Waals surface area contributed by atoms with Crippen LogP contribution in [-0.4, -0.2) is 11.1 Å². The molecule has 0 aliphatic rings. The second-order valence-electron chi connectivity index (χ2n) is 4.27. The quantitative estimate of drug-likeness (QED) is 0.855. The molecule has 0 aromatic heterocycles. The maximum Gasteiger partial charge on any atom is 0.303 e. The van der Waals surface area contributed by atoms with Crippen LogP contribution in [-0.2, 0) is 10.7 Å². The lowest BCUT2D eigenvalue weighted by molar-refractivity contribution is -0.137. The molecule has 0 atom stereocenters. The molecule has 0 unspecified atom stereocenters. The molecule has 0 aliphatic heterocycles. The zero-order valence-corrected chi connectivity index (χ0v) is 9.96. The van der Waals surface area contributed by atoms with Gasteiger partial charge in [-0.25, -0.2) is 8.78 Å². The highest BCUT2D eigenvalue weighted by Gasteiger charge is 2.32. The van der Waals surface area contributed by atoms with Crippen molar-refractivity contribution >= 4 is 5.97 Å². The number of rotatable bonds is 5. The molecule has 0 fully saturated rings. The van der Waals surface area contributed by atoms with Gasteiger partial charge in [-0.3, -0.25) is 4.79 Å². The van der Waals surface area contributed by atoms with Crippen LogP contribution in [0.3, 0.4) is 0 Å². The van der Waals surface area contributed by atoms with E-state index in [1.165, 1.54) is 6.07 Å². The lowest BCUT2D eigenvalue weighted by atomic mass is 9.96. The summed E-state index contributed by atoms with van der Waals surface area (Å²) in [6.45, 7) is 3.40. The molecule has 1 aromatic rings. The van der Waals surface area contributed by atoms with Crippen molar-refractivity contribution in [1.29, 1.82) is 0 Å². The van der Waals surface area contributed by atoms with Crippen molar-refractivity contribution in [2.75, 3.05) is 0 Å². The van der Waals surface area contributed by atoms with Crippen molar-refractivity contribution < 1.29 is 18.7 Å². The van der Waals surface area contributed by atoms with Crippen molar-refractivity contribution in [3.63, 3.8) is 0 Å². The zero-order chi connectivity index (χ0) is 13.1. The Hall–Kier alpha value is -1.45. The first-order valence-corrected chi connectivity index (χ1v) is 5.50. The Morgan fingerprint density at radius 2 is 2.00 bits per heavy atom. The second-order valence-corrected chi connectivity index (χ2v) is 4.27. The minimum Gasteiger partial charge on any atom is -0.481 e. The summed E-state index contributed by atoms with van der Waals surface area (Å²) in [5, 5.41) is 8.43. The number of halogens is 2. The lowest BCUT2D eigenvalue weighted by Gasteiger charge is -2.19. The molecule has 0 spiro atoms. The highest BCUT2D eigenvalue weighted by Crippen LogP contribution is 2.35. The van der Waals surface area contributed by atoms with E-state index >= 15 is 0 Å². The summed E-state index contributed by atoms with van der Waals surface area (Å²) in [5.41, 5.74) is 1.32. The Balaban J connectivity index is 2.81. The van der Waals surface area contributed by atoms with Gasteiger partial charge in [0.05, 0.1) is 0 Å². The SMILES string of the molecule is Cc1ccc(C)c(C(F)(F)CCCC(=O)O)c1. The van der Waals surface area contributed by atoms with Crippen molar-refractivity contribution in [1.82, 2.24) is 0 Å². The van der Waals surface area contributed by atoms with Crippen LogP contribution >= 0.6 is 0 Å². The Kier molecular flexibility index (Phi) is 4.21. The van der Waals surface area contributed by atoms with Crippen molar-refractivity contribution in [3.05, 3.63) is 34.9 Å². The van der Waals surface area contributed by atoms with Crippen LogP contribution in [0.15, 0.2) is 18.2 Å². The summed E-state index contributed by atoms with van der Waals surface area (Å²) in [7, 11) is 0. The fourth-order valence-corrected chi connectivity index (χ4v) is 1.73. The van der Waals surface area contributed by atoms with E-state index < -0.39 is 18.3 Å². The number of alkyl halides is 2. The Bertz CT molecular complexity index is 414. The van der Waals surface area contributed by atoms with Crippen LogP contribution in [0.2, 0.25) is 0 Å². The Morgan fingerprint density at radius 3 is 2.59 bits per heavy atom. The third kappa shape index (κ3) is 3.80. The minimum absolute atomic E-state index is 0.00267. The van der Waals surface area contributed by atoms with Crippen LogP contribution < -0.4 is 0 Å². The number of carbonyl (C=O) groups is 1. The molecule has 1 aromatic carbocycles. The van der Waals surface area contributed by atoms with E-state index in [9.17, 15) is 13.6 Å². The van der Waals surface area contributed by atoms with Gasteiger partial charge in [-0.05, 0) is 31.9 Å². The number of aliphatic carboxylic acids is 1. The van der Waals surface area contributed by atoms with Gasteiger partial charge in [0.25, 0.3) is 5.92 Å². The van der Waals surface area contributed by atoms with Gasteiger partial charge < -0.3 is 5.11 Å². The topological polar surface area (TPSA) is 37.3 Å². The molecular weight excluding hydrogens is 226 g/mol. The first kappa shape index (κ1) is 13.6. The molecular formula is C13H16F2O2. The highest BCUT2D eigenvalue weighted by atomic mass is 19.3. The summed E-state index contributed by atoms with van der Waals surface area (Å²) >= 11 is 0. The second kappa shape index (κ2) is 5.25. The lowest BCUT2D eigenvalue weighted by Crippen LogP contribution is -2.15. The average Bonchev–Trinajstić information content (AvgIpc) is 2.20. The molecule has 0 saturated heterocycles. The summed E-state index contributed by atoms with van der Waals surface area (Å²) in [6.07, 6.45) is -0.667. The molecule has 0 saturated carbocycles. The predicted molar refractivity (Wildman–Crippen MR) is 61.3 cm³/mol. The molecule has 94 valence electrons. The number of aryl methyl sites for hydroxylation is 2. The maximum atomic E-state index is 13.9. The third-order valence-electron chi connectivity index (χ3n) is 2.67. The normalized spacial score (nSPS) is 11.5. The largest absolute Gasteiger partial charge is 0.481 e. The fraction of sp³-hybridized carbons (Fsp3) is 0.462. The average molecular weight is 242 g/mol. The van der Waals surface area contributed by atoms with Gasteiger partial charge in [0.2, 0.25) is 0 Å². The van der Waals surface area contributed by atoms with Gasteiger partial charge in [0, 0.05) is 18.4 Å². The molecule has 0 bridgehead atoms. The standard InChI is InChI=1S/C13H16F2O2/c1-9-5-6-10(2)11(8-9)13(14,15)7-3-4-12(16)17/h5-6,8H,3-4,7H2,1-2H3,(H,16,17). The van der Waals surface area contributed by atoms with E-state index in [0.29, 0.717) is 5.56 Å². The van der Waals surface area contributed by atoms with Crippen molar-refractivity contribution in [2.45, 2.75) is 39.0 Å². The van der Waals surface area contributed by atoms with E-state index in [4.69, 9.17) is 5.11 Å². The number of hydrogen-bond acceptors (Lipinski definition) is 1. The summed E-state index contributed by atoms with van der Waals surface area (Å²) < 4.78 is 27.7. The van der Waals surface area contributed by atoms with Crippen LogP contribution in [0.1, 0.15) is 36.0 Å². The Morgan fingerprint density at radius 1 is 1.35 bits per heavy atom. The summed E-state index contributed by atoms with van der Waals surface area (Å²) in [4.78, 5) is 10.3. The molecule has 17 heavy (non-hydrogen) atoms. The van der Waals surface area contributed by atoms with Crippen LogP contribution in [0.4, 0.5) is 8.78 Å². The molecule has 0 amide bonds. The van der Waals surface area contributed by atoms with Crippen LogP contribution in [0, 0.1) is 13.8 Å². The van der Waals surface area contributed by atoms with E-state index in [-0.39, 0.29) is 18.4 Å². The third-order valence-corrected chi connectivity index (χ3v) is 2.67. The van der Waals surface area contributed by atoms with Gasteiger partial charge in [0.15, 0.2) is 0 Å². The summed E-state index contributed by atoms with van der Waals surface area (Å²) in [6, 6.07) is 4.91. The molecule has 0 aliphatic carbocycles. The monoisotopic (exact) mass is 242 g/mol. The molecule has 1 rings (SSSR count). The fourth-order valence-electron chi connectivity index (χ4n) is 1.73. The van der Waals surface area contributed by atoms with Gasteiger partial charge in [0.1, 0.15) is 0 Å². The van der Waals surface area contributed by atoms with Gasteiger partial charge >= 0.3 is 5.97 Å². The predicted octanol–water partition coefficient (Wildman–Crippen LogP) is 3.65. The highest BCUT2D eigenvalue weighted by molar-refractivity contribution is 5.66. The first-order chi connectivity index (χ1) is 7.83. The van der Waals surface area contributed by atoms with E-state index in [0.717, 1.165) is 5.56 Å². The van der Waals surface area contributed by atoms with Gasteiger partial charge in [-0.1, -0.05) is 17.7 Å². The Labute approximate surface area is 99.3 Å². The van der Waals surface area contributed by atoms with E-state index in [1.807, 2.05) is 0 Å². The van der Waals surface area contributed by atoms with Crippen molar-refractivity contribution in [2.24, 2.45) is 0 Å². The zero-order valence-electron chi connectivity index (χ0n) is 9.96. The number of carboxylic acid groups (broad SMARTS) is 1. The summed E-state index contributed by atoms with van der Waals surface area (Å²) in [5.74, 6) is -3.99. The molecule has 1 N–H and O–H groups in total. The molecule has 2 nitrogen and oxygen atoms in total. The number of hydrogen-bond donors (Lipinski definition) is 1. The van der Waals surface area contributed by atoms with Crippen LogP contribution in [0.25, 0.3) is 0 Å². The maximum absolute atomic E-state index is 13.9. The first-order valence-electron chi connectivity index (χ1n) is 5.50. The van der Waals surface area contributed by atoms with Gasteiger partial charge in [-0.2, -0.15) is 0 Å². The smallest absolute Gasteiger partial charge is 0.303 e. The molecule has 4 heteroatoms. The van der Waals surface area contributed by atoms with Crippen molar-refractivity contribution in [3.8, 4) is 0 Å². The van der Waals surface area contributed by atoms with E-state index in [2.05, 4.69) is 0 Å². The molecule has 0 heterocycles. The van der Waals surface area contributed by atoms with Crippen LogP contribution in [0.5, 0.6) is 0 Å². The number of benzene rings is 1. The van der Waals surface area contributed by atoms with E-state index in [1.54, 1.807) is 26.0 Å². The minimum atomic E-state index is -2.95. The number of carboxylic acids is 1.